The summed E-state index contributed by atoms with van der Waals surface area (Å²) in [5.74, 6) is 2.40. The zero-order valence-corrected chi connectivity index (χ0v) is 30.8. The molecule has 1 aliphatic rings. The van der Waals surface area contributed by atoms with Crippen LogP contribution in [-0.4, -0.2) is 26.2 Å². The molecule has 0 radical (unpaired) electrons. The topological polar surface area (TPSA) is 67.5 Å². The molecule has 11 rings (SSSR count). The molecule has 2 aromatic heterocycles. The van der Waals surface area contributed by atoms with Gasteiger partial charge in [0.1, 0.15) is 17.8 Å². The summed E-state index contributed by atoms with van der Waals surface area (Å²) in [6.07, 6.45) is 1.63. The number of benzene rings is 8. The lowest BCUT2D eigenvalue weighted by Crippen LogP contribution is -2.33. The Morgan fingerprint density at radius 2 is 1.09 bits per heavy atom. The fourth-order valence-corrected chi connectivity index (χ4v) is 8.16. The van der Waals surface area contributed by atoms with Gasteiger partial charge in [-0.2, -0.15) is 0 Å². The van der Waals surface area contributed by atoms with Crippen LogP contribution in [0.1, 0.15) is 22.9 Å². The summed E-state index contributed by atoms with van der Waals surface area (Å²) in [5.41, 5.74) is 10.4. The maximum atomic E-state index is 5.48. The van der Waals surface area contributed by atoms with Crippen molar-refractivity contribution in [2.75, 3.05) is 0 Å². The zero-order valence-electron chi connectivity index (χ0n) is 30.8. The van der Waals surface area contributed by atoms with E-state index in [2.05, 4.69) is 155 Å². The lowest BCUT2D eigenvalue weighted by atomic mass is 10.0. The molecule has 8 aromatic carbocycles. The highest BCUT2D eigenvalue weighted by molar-refractivity contribution is 6.23. The predicted molar refractivity (Wildman–Crippen MR) is 234 cm³/mol. The van der Waals surface area contributed by atoms with Gasteiger partial charge < -0.3 is 5.32 Å². The molecule has 1 atom stereocenters. The number of nitrogens with zero attached hydrogens (tertiary/aromatic N) is 5. The molecule has 0 spiro atoms. The number of fused-ring (bicyclic) bond motifs is 7. The van der Waals surface area contributed by atoms with Crippen molar-refractivity contribution in [2.24, 2.45) is 9.98 Å². The van der Waals surface area contributed by atoms with E-state index in [1.807, 2.05) is 48.7 Å². The molecule has 0 saturated carbocycles. The normalized spacial score (nSPS) is 14.1. The van der Waals surface area contributed by atoms with E-state index in [0.29, 0.717) is 5.84 Å². The highest BCUT2D eigenvalue weighted by Crippen LogP contribution is 2.40. The van der Waals surface area contributed by atoms with Crippen LogP contribution in [0, 0.1) is 0 Å². The van der Waals surface area contributed by atoms with E-state index < -0.39 is 0 Å². The molecule has 1 unspecified atom stereocenters. The third-order valence-electron chi connectivity index (χ3n) is 10.9. The van der Waals surface area contributed by atoms with Gasteiger partial charge in [0.05, 0.1) is 16.6 Å². The molecule has 0 amide bonds. The quantitative estimate of drug-likeness (QED) is 0.173. The smallest absolute Gasteiger partial charge is 0.159 e. The number of pyridine rings is 1. The number of aliphatic imine (C=N–C) groups is 2. The monoisotopic (exact) mass is 730 g/mol. The molecule has 1 aliphatic heterocycles. The number of amidine groups is 2. The van der Waals surface area contributed by atoms with Crippen LogP contribution in [0.15, 0.2) is 204 Å². The second-order valence-corrected chi connectivity index (χ2v) is 14.3. The minimum Gasteiger partial charge on any atom is -0.344 e. The van der Waals surface area contributed by atoms with Crippen molar-refractivity contribution in [3.05, 3.63) is 211 Å². The maximum Gasteiger partial charge on any atom is 0.159 e. The Labute approximate surface area is 329 Å². The van der Waals surface area contributed by atoms with Gasteiger partial charge in [-0.15, -0.1) is 0 Å². The first-order valence-corrected chi connectivity index (χ1v) is 19.2. The number of hydrogen-bond donors (Lipinski definition) is 1. The molecule has 268 valence electrons. The van der Waals surface area contributed by atoms with E-state index >= 15 is 0 Å². The van der Waals surface area contributed by atoms with Crippen LogP contribution < -0.4 is 5.32 Å². The summed E-state index contributed by atoms with van der Waals surface area (Å²) in [5, 5.41) is 9.18. The first kappa shape index (κ1) is 32.7. The third-order valence-corrected chi connectivity index (χ3v) is 10.9. The fraction of sp³-hybridized carbons (Fsp3) is 0.0196. The second kappa shape index (κ2) is 13.6. The van der Waals surface area contributed by atoms with Gasteiger partial charge in [0.25, 0.3) is 0 Å². The van der Waals surface area contributed by atoms with Gasteiger partial charge in [0.2, 0.25) is 0 Å². The number of nitrogens with one attached hydrogen (secondary N) is 1. The minimum absolute atomic E-state index is 0.245. The number of hydrogen-bond acceptors (Lipinski definition) is 5. The average Bonchev–Trinajstić information content (AvgIpc) is 3.70. The molecule has 3 heterocycles. The van der Waals surface area contributed by atoms with Crippen molar-refractivity contribution >= 4 is 55.2 Å². The molecular formula is C51H34N6. The van der Waals surface area contributed by atoms with Crippen molar-refractivity contribution in [3.63, 3.8) is 0 Å². The number of imidazole rings is 1. The van der Waals surface area contributed by atoms with Crippen molar-refractivity contribution in [1.82, 2.24) is 19.9 Å². The van der Waals surface area contributed by atoms with E-state index in [9.17, 15) is 0 Å². The highest BCUT2D eigenvalue weighted by atomic mass is 15.2. The maximum absolute atomic E-state index is 5.48. The van der Waals surface area contributed by atoms with Crippen molar-refractivity contribution < 1.29 is 0 Å². The van der Waals surface area contributed by atoms with Gasteiger partial charge >= 0.3 is 0 Å². The van der Waals surface area contributed by atoms with Crippen LogP contribution in [0.4, 0.5) is 0 Å². The van der Waals surface area contributed by atoms with Crippen LogP contribution in [0.25, 0.3) is 71.7 Å². The minimum atomic E-state index is -0.245. The van der Waals surface area contributed by atoms with E-state index in [0.717, 1.165) is 88.8 Å². The standard InChI is InChI=1S/C51H34N6/c1-3-14-36(15-4-1)48-54-49(37-16-5-2-6-17-37)56-50(55-48)38-26-24-33(25-27-38)34-28-30-39(31-29-34)57-47-44-23-12-32-52-45(44)41-20-9-10-21-42(41)46(47)53-51(57)43-22-11-18-35-13-7-8-19-40(35)43/h1-32,48H,(H,54,55,56). The van der Waals surface area contributed by atoms with E-state index in [1.165, 1.54) is 5.39 Å². The number of aromatic nitrogens is 3. The molecule has 0 saturated heterocycles. The summed E-state index contributed by atoms with van der Waals surface area (Å²) >= 11 is 0. The Bertz CT molecular complexity index is 3180. The Hall–Kier alpha value is -7.70. The average molecular weight is 731 g/mol. The first-order valence-electron chi connectivity index (χ1n) is 19.2. The molecule has 6 heteroatoms. The fourth-order valence-electron chi connectivity index (χ4n) is 8.16. The van der Waals surface area contributed by atoms with Crippen molar-refractivity contribution in [3.8, 4) is 28.2 Å². The van der Waals surface area contributed by atoms with Crippen LogP contribution >= 0.6 is 0 Å². The molecule has 57 heavy (non-hydrogen) atoms. The van der Waals surface area contributed by atoms with Crippen LogP contribution in [0.2, 0.25) is 0 Å². The largest absolute Gasteiger partial charge is 0.344 e. The van der Waals surface area contributed by atoms with Crippen LogP contribution in [0.5, 0.6) is 0 Å². The summed E-state index contributed by atoms with van der Waals surface area (Å²) in [4.78, 5) is 20.4. The molecule has 0 fully saturated rings. The molecular weight excluding hydrogens is 697 g/mol. The van der Waals surface area contributed by atoms with Gasteiger partial charge in [0.15, 0.2) is 5.84 Å². The van der Waals surface area contributed by atoms with E-state index in [-0.39, 0.29) is 6.17 Å². The molecule has 0 aliphatic carbocycles. The van der Waals surface area contributed by atoms with Crippen molar-refractivity contribution in [1.29, 1.82) is 0 Å². The highest BCUT2D eigenvalue weighted by Gasteiger charge is 2.23. The Morgan fingerprint density at radius 3 is 1.86 bits per heavy atom. The summed E-state index contributed by atoms with van der Waals surface area (Å²) in [6.45, 7) is 0. The van der Waals surface area contributed by atoms with Crippen LogP contribution in [0.3, 0.4) is 0 Å². The van der Waals surface area contributed by atoms with Crippen LogP contribution in [-0.2, 0) is 0 Å². The van der Waals surface area contributed by atoms with Crippen molar-refractivity contribution in [2.45, 2.75) is 6.17 Å². The third kappa shape index (κ3) is 5.66. The second-order valence-electron chi connectivity index (χ2n) is 14.3. The predicted octanol–water partition coefficient (Wildman–Crippen LogP) is 11.7. The summed E-state index contributed by atoms with van der Waals surface area (Å²) in [7, 11) is 0. The first-order chi connectivity index (χ1) is 28.3. The Kier molecular flexibility index (Phi) is 7.78. The lowest BCUT2D eigenvalue weighted by Gasteiger charge is -2.23. The lowest BCUT2D eigenvalue weighted by molar-refractivity contribution is 0.674. The van der Waals surface area contributed by atoms with Gasteiger partial charge in [-0.25, -0.2) is 15.0 Å². The SMILES string of the molecule is c1ccc(C2=NC(c3ccccc3)NC(c3ccc(-c4ccc(-n5c(-c6cccc7ccccc67)nc6c7ccccc7c7ncccc7c65)cc4)cc3)=N2)cc1. The zero-order chi connectivity index (χ0) is 37.7. The molecule has 1 N–H and O–H groups in total. The Morgan fingerprint density at radius 1 is 0.474 bits per heavy atom. The summed E-state index contributed by atoms with van der Waals surface area (Å²) in [6, 6.07) is 65.5. The molecule has 0 bridgehead atoms. The Balaban J connectivity index is 1.01. The number of rotatable bonds is 6. The van der Waals surface area contributed by atoms with Gasteiger partial charge in [-0.1, -0.05) is 164 Å². The summed E-state index contributed by atoms with van der Waals surface area (Å²) < 4.78 is 2.32. The van der Waals surface area contributed by atoms with Gasteiger partial charge in [-0.05, 0) is 51.7 Å². The van der Waals surface area contributed by atoms with Gasteiger partial charge in [-0.3, -0.25) is 9.55 Å². The van der Waals surface area contributed by atoms with E-state index in [1.54, 1.807) is 0 Å². The molecule has 10 aromatic rings. The van der Waals surface area contributed by atoms with Gasteiger partial charge in [0, 0.05) is 44.7 Å². The molecule has 6 nitrogen and oxygen atoms in total. The van der Waals surface area contributed by atoms with E-state index in [4.69, 9.17) is 20.0 Å².